The lowest BCUT2D eigenvalue weighted by Gasteiger charge is -2.10. The van der Waals surface area contributed by atoms with Crippen molar-refractivity contribution >= 4 is 11.7 Å². The van der Waals surface area contributed by atoms with Crippen molar-refractivity contribution in [2.24, 2.45) is 0 Å². The van der Waals surface area contributed by atoms with Gasteiger partial charge in [0.05, 0.1) is 5.69 Å². The van der Waals surface area contributed by atoms with Gasteiger partial charge in [0.15, 0.2) is 6.61 Å². The molecule has 134 valence electrons. The molecule has 2 amide bonds. The van der Waals surface area contributed by atoms with Crippen molar-refractivity contribution in [2.45, 2.75) is 12.7 Å². The normalized spacial score (nSPS) is 11.1. The maximum Gasteiger partial charge on any atom is 0.422 e. The Hall–Kier alpha value is -2.91. The molecule has 0 spiro atoms. The van der Waals surface area contributed by atoms with Crippen LogP contribution in [0.4, 0.5) is 32.4 Å². The molecule has 0 aliphatic carbocycles. The van der Waals surface area contributed by atoms with Crippen molar-refractivity contribution in [2.75, 3.05) is 11.9 Å². The molecule has 0 unspecified atom stereocenters. The van der Waals surface area contributed by atoms with Crippen molar-refractivity contribution in [1.82, 2.24) is 10.3 Å². The summed E-state index contributed by atoms with van der Waals surface area (Å²) < 4.78 is 67.2. The van der Waals surface area contributed by atoms with Crippen molar-refractivity contribution < 1.29 is 31.5 Å². The number of carbonyl (C=O) groups is 1. The van der Waals surface area contributed by atoms with Gasteiger partial charge in [-0.3, -0.25) is 0 Å². The molecule has 2 aromatic rings. The second-order valence-electron chi connectivity index (χ2n) is 4.84. The van der Waals surface area contributed by atoms with E-state index in [1.165, 1.54) is 18.3 Å². The maximum absolute atomic E-state index is 13.4. The number of ether oxygens (including phenoxy) is 1. The van der Waals surface area contributed by atoms with Crippen molar-refractivity contribution in [3.63, 3.8) is 0 Å². The number of benzene rings is 1. The number of aromatic nitrogens is 1. The summed E-state index contributed by atoms with van der Waals surface area (Å²) in [6.45, 7) is -1.58. The maximum atomic E-state index is 13.4. The van der Waals surface area contributed by atoms with E-state index >= 15 is 0 Å². The minimum Gasteiger partial charge on any atom is -0.468 e. The topological polar surface area (TPSA) is 63.2 Å². The zero-order chi connectivity index (χ0) is 18.4. The van der Waals surface area contributed by atoms with E-state index < -0.39 is 30.4 Å². The molecule has 1 heterocycles. The summed E-state index contributed by atoms with van der Waals surface area (Å²) in [5.74, 6) is -1.80. The molecule has 1 aromatic heterocycles. The number of hydrogen-bond donors (Lipinski definition) is 2. The van der Waals surface area contributed by atoms with Gasteiger partial charge in [-0.15, -0.1) is 0 Å². The molecule has 25 heavy (non-hydrogen) atoms. The Bertz CT molecular complexity index is 752. The Labute approximate surface area is 138 Å². The molecule has 0 radical (unpaired) electrons. The predicted octanol–water partition coefficient (Wildman–Crippen LogP) is 3.62. The van der Waals surface area contributed by atoms with Gasteiger partial charge in [0.2, 0.25) is 5.88 Å². The van der Waals surface area contributed by atoms with Gasteiger partial charge in [-0.05, 0) is 23.8 Å². The molecule has 0 saturated carbocycles. The van der Waals surface area contributed by atoms with Gasteiger partial charge in [-0.2, -0.15) is 13.2 Å². The molecule has 2 N–H and O–H groups in total. The summed E-state index contributed by atoms with van der Waals surface area (Å²) >= 11 is 0. The van der Waals surface area contributed by atoms with Crippen LogP contribution in [0.3, 0.4) is 0 Å². The van der Waals surface area contributed by atoms with Crippen LogP contribution in [0.2, 0.25) is 0 Å². The van der Waals surface area contributed by atoms with Gasteiger partial charge >= 0.3 is 12.2 Å². The van der Waals surface area contributed by atoms with E-state index in [4.69, 9.17) is 0 Å². The Morgan fingerprint density at radius 3 is 2.64 bits per heavy atom. The molecule has 0 aliphatic heterocycles. The molecule has 2 rings (SSSR count). The number of amides is 2. The van der Waals surface area contributed by atoms with Crippen molar-refractivity contribution in [1.29, 1.82) is 0 Å². The third-order valence-electron chi connectivity index (χ3n) is 2.81. The smallest absolute Gasteiger partial charge is 0.422 e. The zero-order valence-electron chi connectivity index (χ0n) is 12.5. The van der Waals surface area contributed by atoms with Crippen LogP contribution >= 0.6 is 0 Å². The standard InChI is InChI=1S/C15H12F5N3O2/c16-10-1-2-11(17)12(6-10)23-14(24)22-7-9-3-4-21-13(5-9)25-8-15(18,19)20/h1-6H,7-8H2,(H2,22,23,24). The fourth-order valence-electron chi connectivity index (χ4n) is 1.74. The van der Waals surface area contributed by atoms with E-state index in [0.717, 1.165) is 18.2 Å². The van der Waals surface area contributed by atoms with Crippen molar-refractivity contribution in [3.8, 4) is 5.88 Å². The summed E-state index contributed by atoms with van der Waals surface area (Å²) in [5, 5.41) is 4.47. The lowest BCUT2D eigenvalue weighted by molar-refractivity contribution is -0.154. The number of nitrogens with one attached hydrogen (secondary N) is 2. The van der Waals surface area contributed by atoms with Crippen molar-refractivity contribution in [3.05, 3.63) is 53.7 Å². The summed E-state index contributed by atoms with van der Waals surface area (Å²) in [4.78, 5) is 15.3. The minimum atomic E-state index is -4.50. The van der Waals surface area contributed by atoms with Crippen LogP contribution in [-0.4, -0.2) is 23.8 Å². The van der Waals surface area contributed by atoms with Crippen LogP contribution in [0.5, 0.6) is 5.88 Å². The quantitative estimate of drug-likeness (QED) is 0.800. The predicted molar refractivity (Wildman–Crippen MR) is 78.0 cm³/mol. The molecule has 10 heteroatoms. The summed E-state index contributed by atoms with van der Waals surface area (Å²) in [6.07, 6.45) is -3.28. The number of hydrogen-bond acceptors (Lipinski definition) is 3. The monoisotopic (exact) mass is 361 g/mol. The SMILES string of the molecule is O=C(NCc1ccnc(OCC(F)(F)F)c1)Nc1cc(F)ccc1F. The number of carbonyl (C=O) groups excluding carboxylic acids is 1. The van der Waals surface area contributed by atoms with Crippen LogP contribution < -0.4 is 15.4 Å². The molecular formula is C15H12F5N3O2. The number of halogens is 5. The second kappa shape index (κ2) is 7.77. The van der Waals surface area contributed by atoms with E-state index in [-0.39, 0.29) is 18.1 Å². The van der Waals surface area contributed by atoms with Gasteiger partial charge in [-0.25, -0.2) is 18.6 Å². The second-order valence-corrected chi connectivity index (χ2v) is 4.84. The molecule has 0 aliphatic rings. The molecule has 0 bridgehead atoms. The first-order valence-corrected chi connectivity index (χ1v) is 6.87. The number of alkyl halides is 3. The molecule has 0 saturated heterocycles. The van der Waals surface area contributed by atoms with Gasteiger partial charge in [0.1, 0.15) is 11.6 Å². The largest absolute Gasteiger partial charge is 0.468 e. The van der Waals surface area contributed by atoms with Crippen LogP contribution in [0.25, 0.3) is 0 Å². The van der Waals surface area contributed by atoms with E-state index in [1.54, 1.807) is 0 Å². The Morgan fingerprint density at radius 1 is 1.16 bits per heavy atom. The molecular weight excluding hydrogens is 349 g/mol. The minimum absolute atomic E-state index is 0.0896. The Morgan fingerprint density at radius 2 is 1.92 bits per heavy atom. The Balaban J connectivity index is 1.90. The third kappa shape index (κ3) is 6.24. The number of rotatable bonds is 5. The zero-order valence-corrected chi connectivity index (χ0v) is 12.5. The van der Waals surface area contributed by atoms with Crippen LogP contribution in [0.15, 0.2) is 36.5 Å². The first kappa shape index (κ1) is 18.4. The number of nitrogens with zero attached hydrogens (tertiary/aromatic N) is 1. The molecule has 5 nitrogen and oxygen atoms in total. The van der Waals surface area contributed by atoms with Gasteiger partial charge < -0.3 is 15.4 Å². The van der Waals surface area contributed by atoms with E-state index in [1.807, 2.05) is 0 Å². The number of pyridine rings is 1. The summed E-state index contributed by atoms with van der Waals surface area (Å²) in [5.41, 5.74) is 0.0588. The molecule has 0 fully saturated rings. The van der Waals surface area contributed by atoms with Crippen LogP contribution in [-0.2, 0) is 6.54 Å². The summed E-state index contributed by atoms with van der Waals surface area (Å²) in [7, 11) is 0. The third-order valence-corrected chi connectivity index (χ3v) is 2.81. The first-order valence-electron chi connectivity index (χ1n) is 6.87. The van der Waals surface area contributed by atoms with Gasteiger partial charge in [0.25, 0.3) is 0 Å². The summed E-state index contributed by atoms with van der Waals surface area (Å²) in [6, 6.07) is 4.41. The highest BCUT2D eigenvalue weighted by atomic mass is 19.4. The first-order chi connectivity index (χ1) is 11.7. The highest BCUT2D eigenvalue weighted by molar-refractivity contribution is 5.89. The highest BCUT2D eigenvalue weighted by Crippen LogP contribution is 2.18. The molecule has 1 aromatic carbocycles. The van der Waals surface area contributed by atoms with E-state index in [2.05, 4.69) is 20.4 Å². The lowest BCUT2D eigenvalue weighted by atomic mass is 10.2. The van der Waals surface area contributed by atoms with Gasteiger partial charge in [0, 0.05) is 24.9 Å². The highest BCUT2D eigenvalue weighted by Gasteiger charge is 2.28. The van der Waals surface area contributed by atoms with E-state index in [0.29, 0.717) is 5.56 Å². The van der Waals surface area contributed by atoms with Gasteiger partial charge in [-0.1, -0.05) is 0 Å². The number of urea groups is 1. The average Bonchev–Trinajstić information content (AvgIpc) is 2.54. The lowest BCUT2D eigenvalue weighted by Crippen LogP contribution is -2.28. The fraction of sp³-hybridized carbons (Fsp3) is 0.200. The molecule has 0 atom stereocenters. The fourth-order valence-corrected chi connectivity index (χ4v) is 1.74. The van der Waals surface area contributed by atoms with Crippen LogP contribution in [0.1, 0.15) is 5.56 Å². The Kier molecular flexibility index (Phi) is 5.73. The number of anilines is 1. The van der Waals surface area contributed by atoms with E-state index in [9.17, 15) is 26.7 Å². The average molecular weight is 361 g/mol. The van der Waals surface area contributed by atoms with Crippen LogP contribution in [0, 0.1) is 11.6 Å².